The molecule has 5 nitrogen and oxygen atoms in total. The van der Waals surface area contributed by atoms with E-state index in [1.165, 1.54) is 51.2 Å². The Morgan fingerprint density at radius 2 is 1.44 bits per heavy atom. The van der Waals surface area contributed by atoms with E-state index in [2.05, 4.69) is 18.7 Å². The second kappa shape index (κ2) is 9.70. The van der Waals surface area contributed by atoms with Gasteiger partial charge in [0.05, 0.1) is 0 Å². The highest BCUT2D eigenvalue weighted by Crippen LogP contribution is 2.24. The lowest BCUT2D eigenvalue weighted by Gasteiger charge is -2.29. The second-order valence-electron chi connectivity index (χ2n) is 7.46. The molecule has 1 aliphatic rings. The standard InChI is InChI=1S/C22H31NO4/c1-5-7-13-23(14-8-6-2)16-18-11-9-17(10-12-18)15-19-20(24)26-22(3,4)27-21(19)25/h9-12,15H,5-8,13-14,16H2,1-4H3. The maximum atomic E-state index is 12.0. The third-order valence-corrected chi connectivity index (χ3v) is 4.47. The van der Waals surface area contributed by atoms with Gasteiger partial charge in [-0.1, -0.05) is 51.0 Å². The molecule has 0 radical (unpaired) electrons. The van der Waals surface area contributed by atoms with Gasteiger partial charge < -0.3 is 9.47 Å². The molecule has 0 bridgehead atoms. The van der Waals surface area contributed by atoms with Gasteiger partial charge >= 0.3 is 11.9 Å². The predicted octanol–water partition coefficient (Wildman–Crippen LogP) is 4.31. The van der Waals surface area contributed by atoms with Crippen molar-refractivity contribution in [3.05, 3.63) is 41.0 Å². The largest absolute Gasteiger partial charge is 0.419 e. The number of unbranched alkanes of at least 4 members (excludes halogenated alkanes) is 2. The van der Waals surface area contributed by atoms with E-state index in [-0.39, 0.29) is 5.57 Å². The van der Waals surface area contributed by atoms with Crippen molar-refractivity contribution < 1.29 is 19.1 Å². The van der Waals surface area contributed by atoms with Gasteiger partial charge in [0.25, 0.3) is 5.79 Å². The Bertz CT molecular complexity index is 646. The van der Waals surface area contributed by atoms with Crippen LogP contribution in [0.15, 0.2) is 29.8 Å². The Labute approximate surface area is 162 Å². The highest BCUT2D eigenvalue weighted by atomic mass is 16.7. The summed E-state index contributed by atoms with van der Waals surface area (Å²) in [6.45, 7) is 10.6. The van der Waals surface area contributed by atoms with Gasteiger partial charge in [-0.25, -0.2) is 9.59 Å². The van der Waals surface area contributed by atoms with Crippen molar-refractivity contribution in [1.29, 1.82) is 0 Å². The average Bonchev–Trinajstić information content (AvgIpc) is 2.61. The van der Waals surface area contributed by atoms with Crippen molar-refractivity contribution >= 4 is 18.0 Å². The molecule has 0 aliphatic carbocycles. The summed E-state index contributed by atoms with van der Waals surface area (Å²) in [6, 6.07) is 7.92. The quantitative estimate of drug-likeness (QED) is 0.367. The average molecular weight is 373 g/mol. The van der Waals surface area contributed by atoms with Crippen LogP contribution in [0.1, 0.15) is 64.5 Å². The van der Waals surface area contributed by atoms with E-state index in [4.69, 9.17) is 9.47 Å². The van der Waals surface area contributed by atoms with Crippen LogP contribution in [0.2, 0.25) is 0 Å². The van der Waals surface area contributed by atoms with Crippen LogP contribution in [0.4, 0.5) is 0 Å². The van der Waals surface area contributed by atoms with E-state index in [1.54, 1.807) is 0 Å². The molecule has 0 aromatic heterocycles. The number of benzene rings is 1. The van der Waals surface area contributed by atoms with Gasteiger partial charge in [0.15, 0.2) is 0 Å². The molecule has 1 heterocycles. The van der Waals surface area contributed by atoms with Crippen LogP contribution < -0.4 is 0 Å². The first kappa shape index (κ1) is 21.2. The minimum absolute atomic E-state index is 0.0745. The summed E-state index contributed by atoms with van der Waals surface area (Å²) in [4.78, 5) is 26.6. The van der Waals surface area contributed by atoms with E-state index in [0.29, 0.717) is 0 Å². The monoisotopic (exact) mass is 373 g/mol. The fourth-order valence-electron chi connectivity index (χ4n) is 2.96. The molecule has 1 aromatic rings. The Morgan fingerprint density at radius 1 is 0.926 bits per heavy atom. The number of cyclic esters (lactones) is 2. The smallest absolute Gasteiger partial charge is 0.348 e. The van der Waals surface area contributed by atoms with Crippen LogP contribution in [-0.2, 0) is 25.6 Å². The molecule has 0 amide bonds. The molecule has 0 atom stereocenters. The Morgan fingerprint density at radius 3 is 1.93 bits per heavy atom. The molecule has 0 spiro atoms. The predicted molar refractivity (Wildman–Crippen MR) is 106 cm³/mol. The van der Waals surface area contributed by atoms with E-state index in [0.717, 1.165) is 25.2 Å². The van der Waals surface area contributed by atoms with Crippen molar-refractivity contribution in [2.75, 3.05) is 13.1 Å². The number of esters is 2. The van der Waals surface area contributed by atoms with Crippen molar-refractivity contribution in [3.8, 4) is 0 Å². The number of nitrogens with zero attached hydrogens (tertiary/aromatic N) is 1. The van der Waals surface area contributed by atoms with Crippen LogP contribution in [0.5, 0.6) is 0 Å². The zero-order valence-electron chi connectivity index (χ0n) is 16.9. The van der Waals surface area contributed by atoms with Crippen LogP contribution in [0.25, 0.3) is 6.08 Å². The summed E-state index contributed by atoms with van der Waals surface area (Å²) in [6.07, 6.45) is 6.31. The minimum atomic E-state index is -1.21. The number of hydrogen-bond acceptors (Lipinski definition) is 5. The summed E-state index contributed by atoms with van der Waals surface area (Å²) < 4.78 is 10.2. The molecule has 1 aromatic carbocycles. The summed E-state index contributed by atoms with van der Waals surface area (Å²) in [5, 5.41) is 0. The number of ether oxygens (including phenoxy) is 2. The first-order chi connectivity index (χ1) is 12.8. The van der Waals surface area contributed by atoms with Gasteiger partial charge in [0, 0.05) is 20.4 Å². The Balaban J connectivity index is 2.05. The molecule has 1 saturated heterocycles. The fourth-order valence-corrected chi connectivity index (χ4v) is 2.96. The minimum Gasteiger partial charge on any atom is -0.419 e. The first-order valence-corrected chi connectivity index (χ1v) is 9.84. The fraction of sp³-hybridized carbons (Fsp3) is 0.545. The van der Waals surface area contributed by atoms with Gasteiger partial charge in [-0.2, -0.15) is 0 Å². The van der Waals surface area contributed by atoms with Gasteiger partial charge in [-0.3, -0.25) is 4.90 Å². The van der Waals surface area contributed by atoms with Crippen LogP contribution >= 0.6 is 0 Å². The number of carbonyl (C=O) groups is 2. The lowest BCUT2D eigenvalue weighted by molar-refractivity contribution is -0.222. The molecule has 148 valence electrons. The molecular formula is C22H31NO4. The van der Waals surface area contributed by atoms with Crippen LogP contribution in [-0.4, -0.2) is 35.7 Å². The summed E-state index contributed by atoms with van der Waals surface area (Å²) in [5.41, 5.74) is 1.92. The number of rotatable bonds is 9. The molecule has 0 N–H and O–H groups in total. The van der Waals surface area contributed by atoms with Gasteiger partial charge in [0.1, 0.15) is 5.57 Å². The van der Waals surface area contributed by atoms with Crippen molar-refractivity contribution in [1.82, 2.24) is 4.90 Å². The molecule has 5 heteroatoms. The SMILES string of the molecule is CCCCN(CCCC)Cc1ccc(C=C2C(=O)OC(C)(C)OC2=O)cc1. The van der Waals surface area contributed by atoms with E-state index >= 15 is 0 Å². The van der Waals surface area contributed by atoms with Crippen molar-refractivity contribution in [2.45, 2.75) is 65.7 Å². The summed E-state index contributed by atoms with van der Waals surface area (Å²) in [7, 11) is 0. The normalized spacial score (nSPS) is 16.3. The van der Waals surface area contributed by atoms with E-state index in [9.17, 15) is 9.59 Å². The molecule has 0 unspecified atom stereocenters. The maximum absolute atomic E-state index is 12.0. The second-order valence-corrected chi connectivity index (χ2v) is 7.46. The molecule has 1 aliphatic heterocycles. The van der Waals surface area contributed by atoms with E-state index < -0.39 is 17.7 Å². The Kier molecular flexibility index (Phi) is 7.60. The van der Waals surface area contributed by atoms with Gasteiger partial charge in [0.2, 0.25) is 0 Å². The van der Waals surface area contributed by atoms with E-state index in [1.807, 2.05) is 24.3 Å². The third-order valence-electron chi connectivity index (χ3n) is 4.47. The highest BCUT2D eigenvalue weighted by Gasteiger charge is 2.38. The zero-order chi connectivity index (χ0) is 19.9. The number of hydrogen-bond donors (Lipinski definition) is 0. The van der Waals surface area contributed by atoms with Crippen LogP contribution in [0, 0.1) is 0 Å². The topological polar surface area (TPSA) is 55.8 Å². The van der Waals surface area contributed by atoms with Crippen molar-refractivity contribution in [3.63, 3.8) is 0 Å². The molecule has 27 heavy (non-hydrogen) atoms. The molecule has 2 rings (SSSR count). The molecular weight excluding hydrogens is 342 g/mol. The Hall–Kier alpha value is -2.14. The molecule has 1 fully saturated rings. The third kappa shape index (κ3) is 6.51. The van der Waals surface area contributed by atoms with Gasteiger partial charge in [-0.05, 0) is 43.1 Å². The highest BCUT2D eigenvalue weighted by molar-refractivity contribution is 6.18. The lowest BCUT2D eigenvalue weighted by Crippen LogP contribution is -2.41. The van der Waals surface area contributed by atoms with Crippen LogP contribution in [0.3, 0.4) is 0 Å². The lowest BCUT2D eigenvalue weighted by atomic mass is 10.1. The maximum Gasteiger partial charge on any atom is 0.348 e. The summed E-state index contributed by atoms with van der Waals surface area (Å²) >= 11 is 0. The number of carbonyl (C=O) groups excluding carboxylic acids is 2. The zero-order valence-corrected chi connectivity index (χ0v) is 16.9. The van der Waals surface area contributed by atoms with Gasteiger partial charge in [-0.15, -0.1) is 0 Å². The summed E-state index contributed by atoms with van der Waals surface area (Å²) in [5.74, 6) is -2.51. The molecule has 0 saturated carbocycles. The first-order valence-electron chi connectivity index (χ1n) is 9.84. The van der Waals surface area contributed by atoms with Crippen molar-refractivity contribution in [2.24, 2.45) is 0 Å².